The molecule has 0 saturated carbocycles. The third-order valence-electron chi connectivity index (χ3n) is 5.73. The maximum atomic E-state index is 2.40. The van der Waals surface area contributed by atoms with E-state index in [-0.39, 0.29) is 7.43 Å². The number of unbranched alkanes of at least 4 members (excludes halogenated alkanes) is 16. The van der Waals surface area contributed by atoms with E-state index in [4.69, 9.17) is 0 Å². The van der Waals surface area contributed by atoms with Crippen LogP contribution in [0.5, 0.6) is 0 Å². The minimum Gasteiger partial charge on any atom is -0.358 e. The highest BCUT2D eigenvalue weighted by Crippen LogP contribution is 2.14. The van der Waals surface area contributed by atoms with Crippen LogP contribution in [0.15, 0.2) is 0 Å². The zero-order chi connectivity index (χ0) is 18.6. The molecule has 0 aromatic carbocycles. The Morgan fingerprint density at radius 1 is 0.385 bits per heavy atom. The molecule has 0 spiro atoms. The van der Waals surface area contributed by atoms with Crippen LogP contribution in [-0.2, 0) is 0 Å². The number of quaternary nitrogens is 1. The quantitative estimate of drug-likeness (QED) is 0.114. The molecular formula is C25H55N. The molecule has 0 aliphatic carbocycles. The zero-order valence-electron chi connectivity index (χ0n) is 19.6. The second kappa shape index (κ2) is 21.3. The number of nitrogens with zero attached hydrogens (tertiary/aromatic N) is 1. The van der Waals surface area contributed by atoms with E-state index < -0.39 is 0 Å². The van der Waals surface area contributed by atoms with E-state index in [0.29, 0.717) is 0 Å². The minimum absolute atomic E-state index is 0. The Labute approximate surface area is 168 Å². The molecule has 0 atom stereocenters. The first-order chi connectivity index (χ1) is 12.1. The van der Waals surface area contributed by atoms with Crippen LogP contribution in [0, 0.1) is 7.43 Å². The smallest absolute Gasteiger partial charge is 0.0782 e. The Bertz CT molecular complexity index is 247. The summed E-state index contributed by atoms with van der Waals surface area (Å²) in [6.45, 7) is 7.33. The van der Waals surface area contributed by atoms with Gasteiger partial charge in [-0.3, -0.25) is 0 Å². The first kappa shape index (κ1) is 28.2. The summed E-state index contributed by atoms with van der Waals surface area (Å²) in [4.78, 5) is 0. The van der Waals surface area contributed by atoms with E-state index >= 15 is 0 Å². The van der Waals surface area contributed by atoms with E-state index in [1.165, 1.54) is 133 Å². The number of hydrogen-bond donors (Lipinski definition) is 0. The van der Waals surface area contributed by atoms with Crippen molar-refractivity contribution >= 4 is 0 Å². The molecule has 0 fully saturated rings. The first-order valence-electron chi connectivity index (χ1n) is 11.9. The van der Waals surface area contributed by atoms with Crippen LogP contribution >= 0.6 is 0 Å². The van der Waals surface area contributed by atoms with Gasteiger partial charge in [-0.2, -0.15) is 0 Å². The minimum atomic E-state index is 0. The van der Waals surface area contributed by atoms with Crippen molar-refractivity contribution in [1.82, 2.24) is 0 Å². The fourth-order valence-corrected chi connectivity index (χ4v) is 3.79. The molecule has 0 aromatic rings. The third kappa shape index (κ3) is 22.0. The molecule has 0 N–H and O–H groups in total. The molecule has 160 valence electrons. The molecule has 0 rings (SSSR count). The summed E-state index contributed by atoms with van der Waals surface area (Å²) < 4.78 is 1.23. The standard InChI is InChI=1S/C24H52N.CH3/c1-5-7-9-10-11-12-13-14-15-16-17-18-19-20-21-22-24-25(3,4)23-8-6-2;/h5-24H2,1-4H3;1H3/q+1;-1. The SMILES string of the molecule is CCCCCCCCCCCCCCCCCC[N+](C)(C)CCCC.[CH3-]. The Morgan fingerprint density at radius 3 is 1.00 bits per heavy atom. The van der Waals surface area contributed by atoms with Gasteiger partial charge in [-0.05, 0) is 19.3 Å². The highest BCUT2D eigenvalue weighted by molar-refractivity contribution is 4.50. The predicted molar refractivity (Wildman–Crippen MR) is 123 cm³/mol. The van der Waals surface area contributed by atoms with Gasteiger partial charge in [0.15, 0.2) is 0 Å². The van der Waals surface area contributed by atoms with Crippen LogP contribution in [-0.4, -0.2) is 31.7 Å². The molecule has 0 unspecified atom stereocenters. The van der Waals surface area contributed by atoms with Crippen molar-refractivity contribution in [1.29, 1.82) is 0 Å². The van der Waals surface area contributed by atoms with Crippen LogP contribution in [0.2, 0.25) is 0 Å². The third-order valence-corrected chi connectivity index (χ3v) is 5.73. The molecule has 0 aliphatic rings. The van der Waals surface area contributed by atoms with E-state index in [1.54, 1.807) is 0 Å². The molecular weight excluding hydrogens is 314 g/mol. The lowest BCUT2D eigenvalue weighted by Gasteiger charge is -2.29. The second-order valence-electron chi connectivity index (χ2n) is 9.04. The summed E-state index contributed by atoms with van der Waals surface area (Å²) in [6, 6.07) is 0. The summed E-state index contributed by atoms with van der Waals surface area (Å²) in [5, 5.41) is 0. The number of hydrogen-bond acceptors (Lipinski definition) is 0. The lowest BCUT2D eigenvalue weighted by molar-refractivity contribution is -0.890. The van der Waals surface area contributed by atoms with Crippen molar-refractivity contribution in [2.45, 2.75) is 129 Å². The van der Waals surface area contributed by atoms with Gasteiger partial charge in [0.25, 0.3) is 0 Å². The van der Waals surface area contributed by atoms with Crippen LogP contribution in [0.1, 0.15) is 129 Å². The molecule has 0 aliphatic heterocycles. The van der Waals surface area contributed by atoms with Crippen LogP contribution in [0.25, 0.3) is 0 Å². The molecule has 0 saturated heterocycles. The highest BCUT2D eigenvalue weighted by Gasteiger charge is 2.12. The lowest BCUT2D eigenvalue weighted by atomic mass is 10.0. The van der Waals surface area contributed by atoms with Gasteiger partial charge < -0.3 is 11.9 Å². The van der Waals surface area contributed by atoms with Crippen LogP contribution in [0.3, 0.4) is 0 Å². The zero-order valence-corrected chi connectivity index (χ0v) is 19.6. The monoisotopic (exact) mass is 369 g/mol. The average molecular weight is 370 g/mol. The summed E-state index contributed by atoms with van der Waals surface area (Å²) in [7, 11) is 4.81. The fourth-order valence-electron chi connectivity index (χ4n) is 3.79. The van der Waals surface area contributed by atoms with E-state index in [0.717, 1.165) is 0 Å². The van der Waals surface area contributed by atoms with Crippen LogP contribution in [0.4, 0.5) is 0 Å². The maximum absolute atomic E-state index is 2.40. The Morgan fingerprint density at radius 2 is 0.654 bits per heavy atom. The van der Waals surface area contributed by atoms with Gasteiger partial charge in [-0.15, -0.1) is 0 Å². The summed E-state index contributed by atoms with van der Waals surface area (Å²) in [6.07, 6.45) is 26.1. The van der Waals surface area contributed by atoms with E-state index in [9.17, 15) is 0 Å². The van der Waals surface area contributed by atoms with Gasteiger partial charge in [-0.25, -0.2) is 0 Å². The van der Waals surface area contributed by atoms with Gasteiger partial charge in [-0.1, -0.05) is 110 Å². The lowest BCUT2D eigenvalue weighted by Crippen LogP contribution is -2.41. The van der Waals surface area contributed by atoms with Crippen LogP contribution < -0.4 is 0 Å². The van der Waals surface area contributed by atoms with Crippen molar-refractivity contribution in [3.05, 3.63) is 7.43 Å². The molecule has 0 radical (unpaired) electrons. The topological polar surface area (TPSA) is 0 Å². The predicted octanol–water partition coefficient (Wildman–Crippen LogP) is 8.57. The summed E-state index contributed by atoms with van der Waals surface area (Å²) in [5.74, 6) is 0. The van der Waals surface area contributed by atoms with E-state index in [2.05, 4.69) is 27.9 Å². The highest BCUT2D eigenvalue weighted by atomic mass is 15.3. The number of rotatable bonds is 20. The fraction of sp³-hybridized carbons (Fsp3) is 0.960. The van der Waals surface area contributed by atoms with Crippen molar-refractivity contribution in [2.24, 2.45) is 0 Å². The second-order valence-corrected chi connectivity index (χ2v) is 9.04. The molecule has 0 bridgehead atoms. The van der Waals surface area contributed by atoms with E-state index in [1.807, 2.05) is 0 Å². The molecule has 0 aromatic heterocycles. The molecule has 1 heteroatoms. The van der Waals surface area contributed by atoms with Crippen molar-refractivity contribution in [2.75, 3.05) is 27.2 Å². The van der Waals surface area contributed by atoms with Gasteiger partial charge in [0.1, 0.15) is 0 Å². The Balaban J connectivity index is 0. The van der Waals surface area contributed by atoms with Crippen molar-refractivity contribution < 1.29 is 4.48 Å². The van der Waals surface area contributed by atoms with Crippen molar-refractivity contribution in [3.8, 4) is 0 Å². The molecule has 0 heterocycles. The normalized spacial score (nSPS) is 11.5. The largest absolute Gasteiger partial charge is 0.358 e. The first-order valence-corrected chi connectivity index (χ1v) is 11.9. The van der Waals surface area contributed by atoms with Gasteiger partial charge in [0, 0.05) is 0 Å². The Hall–Kier alpha value is -0.0400. The summed E-state index contributed by atoms with van der Waals surface area (Å²) in [5.41, 5.74) is 0. The Kier molecular flexibility index (Phi) is 23.0. The molecule has 0 amide bonds. The molecule has 1 nitrogen and oxygen atoms in total. The molecule has 26 heavy (non-hydrogen) atoms. The van der Waals surface area contributed by atoms with Gasteiger partial charge in [0.05, 0.1) is 27.2 Å². The van der Waals surface area contributed by atoms with Crippen molar-refractivity contribution in [3.63, 3.8) is 0 Å². The van der Waals surface area contributed by atoms with Gasteiger partial charge >= 0.3 is 0 Å². The maximum Gasteiger partial charge on any atom is 0.0782 e. The summed E-state index contributed by atoms with van der Waals surface area (Å²) >= 11 is 0. The average Bonchev–Trinajstić information content (AvgIpc) is 2.59. The van der Waals surface area contributed by atoms with Gasteiger partial charge in [0.2, 0.25) is 0 Å².